The van der Waals surface area contributed by atoms with Gasteiger partial charge in [-0.25, -0.2) is 0 Å². The predicted octanol–water partition coefficient (Wildman–Crippen LogP) is 0.574. The highest BCUT2D eigenvalue weighted by Crippen LogP contribution is 2.29. The minimum Gasteiger partial charge on any atom is -0.493 e. The summed E-state index contributed by atoms with van der Waals surface area (Å²) in [6.07, 6.45) is 0. The van der Waals surface area contributed by atoms with Crippen LogP contribution in [0.5, 0.6) is 11.5 Å². The molecular formula is C15H21N2O3+. The molecule has 0 spiro atoms. The van der Waals surface area contributed by atoms with Crippen LogP contribution in [0.2, 0.25) is 0 Å². The first-order chi connectivity index (χ1) is 9.80. The quantitative estimate of drug-likeness (QED) is 0.855. The summed E-state index contributed by atoms with van der Waals surface area (Å²) in [4.78, 5) is 1.24. The SMILES string of the molecule is CCOc1cc([C@H](C#N)[NH+]2CCOCC2)ccc1OC. The Morgan fingerprint density at radius 2 is 2.10 bits per heavy atom. The summed E-state index contributed by atoms with van der Waals surface area (Å²) < 4.78 is 16.2. The summed E-state index contributed by atoms with van der Waals surface area (Å²) in [6.45, 7) is 5.63. The summed E-state index contributed by atoms with van der Waals surface area (Å²) in [5, 5.41) is 9.50. The van der Waals surface area contributed by atoms with Gasteiger partial charge in [-0.2, -0.15) is 5.26 Å². The number of rotatable bonds is 5. The monoisotopic (exact) mass is 277 g/mol. The molecule has 1 N–H and O–H groups in total. The van der Waals surface area contributed by atoms with Crippen LogP contribution in [-0.2, 0) is 4.74 Å². The number of hydrogen-bond donors (Lipinski definition) is 1. The van der Waals surface area contributed by atoms with Gasteiger partial charge in [-0.1, -0.05) is 0 Å². The smallest absolute Gasteiger partial charge is 0.201 e. The van der Waals surface area contributed by atoms with Crippen LogP contribution in [0.25, 0.3) is 0 Å². The number of benzene rings is 1. The van der Waals surface area contributed by atoms with E-state index in [9.17, 15) is 5.26 Å². The molecule has 1 aromatic carbocycles. The molecule has 1 aromatic rings. The van der Waals surface area contributed by atoms with Gasteiger partial charge in [0.25, 0.3) is 0 Å². The minimum atomic E-state index is -0.191. The molecule has 5 heteroatoms. The zero-order chi connectivity index (χ0) is 14.4. The molecule has 1 saturated heterocycles. The van der Waals surface area contributed by atoms with Crippen molar-refractivity contribution < 1.29 is 19.1 Å². The molecule has 1 aliphatic rings. The number of hydrogen-bond acceptors (Lipinski definition) is 4. The maximum absolute atomic E-state index is 9.50. The van der Waals surface area contributed by atoms with E-state index in [1.165, 1.54) is 4.90 Å². The second-order valence-corrected chi connectivity index (χ2v) is 4.68. The van der Waals surface area contributed by atoms with Crippen molar-refractivity contribution >= 4 is 0 Å². The Hall–Kier alpha value is -1.77. The molecule has 1 aliphatic heterocycles. The molecule has 0 bridgehead atoms. The van der Waals surface area contributed by atoms with E-state index in [1.807, 2.05) is 25.1 Å². The molecule has 0 aliphatic carbocycles. The van der Waals surface area contributed by atoms with Crippen LogP contribution in [0.1, 0.15) is 18.5 Å². The average Bonchev–Trinajstić information content (AvgIpc) is 2.50. The lowest BCUT2D eigenvalue weighted by Gasteiger charge is -2.28. The normalized spacial score (nSPS) is 17.2. The largest absolute Gasteiger partial charge is 0.493 e. The highest BCUT2D eigenvalue weighted by atomic mass is 16.5. The molecule has 2 rings (SSSR count). The molecule has 1 atom stereocenters. The van der Waals surface area contributed by atoms with Crippen LogP contribution >= 0.6 is 0 Å². The number of nitriles is 1. The Labute approximate surface area is 119 Å². The van der Waals surface area contributed by atoms with Gasteiger partial charge in [0, 0.05) is 5.56 Å². The molecule has 1 fully saturated rings. The zero-order valence-electron chi connectivity index (χ0n) is 12.0. The standard InChI is InChI=1S/C15H20N2O3/c1-3-20-15-10-12(4-5-14(15)18-2)13(11-16)17-6-8-19-9-7-17/h4-5,10,13H,3,6-9H2,1-2H3/p+1/t13-/m0/s1. The minimum absolute atomic E-state index is 0.191. The summed E-state index contributed by atoms with van der Waals surface area (Å²) in [7, 11) is 1.62. The van der Waals surface area contributed by atoms with Gasteiger partial charge in [0.05, 0.1) is 26.9 Å². The van der Waals surface area contributed by atoms with Crippen molar-refractivity contribution in [3.05, 3.63) is 23.8 Å². The van der Waals surface area contributed by atoms with Crippen molar-refractivity contribution in [1.29, 1.82) is 5.26 Å². The number of nitrogens with one attached hydrogen (secondary N) is 1. The van der Waals surface area contributed by atoms with Gasteiger partial charge in [0.15, 0.2) is 11.5 Å². The molecule has 0 saturated carbocycles. The van der Waals surface area contributed by atoms with Gasteiger partial charge >= 0.3 is 0 Å². The Kier molecular flexibility index (Phi) is 5.22. The molecule has 0 radical (unpaired) electrons. The van der Waals surface area contributed by atoms with E-state index in [-0.39, 0.29) is 6.04 Å². The third-order valence-electron chi connectivity index (χ3n) is 3.49. The Morgan fingerprint density at radius 1 is 1.35 bits per heavy atom. The molecule has 20 heavy (non-hydrogen) atoms. The molecule has 5 nitrogen and oxygen atoms in total. The Bertz CT molecular complexity index is 478. The topological polar surface area (TPSA) is 55.9 Å². The van der Waals surface area contributed by atoms with Crippen molar-refractivity contribution in [3.8, 4) is 17.6 Å². The summed E-state index contributed by atoms with van der Waals surface area (Å²) in [6, 6.07) is 7.94. The van der Waals surface area contributed by atoms with Crippen LogP contribution in [0.15, 0.2) is 18.2 Å². The van der Waals surface area contributed by atoms with Crippen LogP contribution in [0, 0.1) is 11.3 Å². The van der Waals surface area contributed by atoms with Crippen molar-refractivity contribution in [2.45, 2.75) is 13.0 Å². The van der Waals surface area contributed by atoms with E-state index in [2.05, 4.69) is 6.07 Å². The molecule has 0 amide bonds. The highest BCUT2D eigenvalue weighted by molar-refractivity contribution is 5.44. The van der Waals surface area contributed by atoms with E-state index in [1.54, 1.807) is 7.11 Å². The average molecular weight is 277 g/mol. The number of morpholine rings is 1. The Morgan fingerprint density at radius 3 is 2.70 bits per heavy atom. The van der Waals surface area contributed by atoms with E-state index >= 15 is 0 Å². The second kappa shape index (κ2) is 7.13. The van der Waals surface area contributed by atoms with Gasteiger partial charge in [0.1, 0.15) is 19.2 Å². The maximum Gasteiger partial charge on any atom is 0.201 e. The van der Waals surface area contributed by atoms with Crippen LogP contribution in [-0.4, -0.2) is 40.0 Å². The molecule has 108 valence electrons. The van der Waals surface area contributed by atoms with E-state index in [0.717, 1.165) is 18.7 Å². The number of nitrogens with zero attached hydrogens (tertiary/aromatic N) is 1. The number of quaternary nitrogens is 1. The first kappa shape index (κ1) is 14.6. The van der Waals surface area contributed by atoms with Crippen molar-refractivity contribution in [2.24, 2.45) is 0 Å². The zero-order valence-corrected chi connectivity index (χ0v) is 12.0. The van der Waals surface area contributed by atoms with E-state index in [0.29, 0.717) is 31.3 Å². The van der Waals surface area contributed by atoms with E-state index < -0.39 is 0 Å². The van der Waals surface area contributed by atoms with E-state index in [4.69, 9.17) is 14.2 Å². The lowest BCUT2D eigenvalue weighted by Crippen LogP contribution is -3.14. The van der Waals surface area contributed by atoms with Gasteiger partial charge < -0.3 is 19.1 Å². The fraction of sp³-hybridized carbons (Fsp3) is 0.533. The van der Waals surface area contributed by atoms with Gasteiger partial charge in [0.2, 0.25) is 6.04 Å². The van der Waals surface area contributed by atoms with Gasteiger partial charge in [-0.15, -0.1) is 0 Å². The van der Waals surface area contributed by atoms with Crippen molar-refractivity contribution in [3.63, 3.8) is 0 Å². The highest BCUT2D eigenvalue weighted by Gasteiger charge is 2.27. The first-order valence-corrected chi connectivity index (χ1v) is 6.92. The predicted molar refractivity (Wildman–Crippen MR) is 74.0 cm³/mol. The fourth-order valence-electron chi connectivity index (χ4n) is 2.46. The van der Waals surface area contributed by atoms with Crippen LogP contribution in [0.3, 0.4) is 0 Å². The lowest BCUT2D eigenvalue weighted by molar-refractivity contribution is -0.930. The van der Waals surface area contributed by atoms with Crippen molar-refractivity contribution in [1.82, 2.24) is 0 Å². The molecule has 0 aromatic heterocycles. The molecule has 0 unspecified atom stereocenters. The fourth-order valence-corrected chi connectivity index (χ4v) is 2.46. The third-order valence-corrected chi connectivity index (χ3v) is 3.49. The van der Waals surface area contributed by atoms with Gasteiger partial charge in [-0.3, -0.25) is 0 Å². The summed E-state index contributed by atoms with van der Waals surface area (Å²) >= 11 is 0. The van der Waals surface area contributed by atoms with Gasteiger partial charge in [-0.05, 0) is 25.1 Å². The third kappa shape index (κ3) is 3.21. The summed E-state index contributed by atoms with van der Waals surface area (Å²) in [5.74, 6) is 1.39. The maximum atomic E-state index is 9.50. The molecule has 1 heterocycles. The van der Waals surface area contributed by atoms with Crippen LogP contribution in [0.4, 0.5) is 0 Å². The van der Waals surface area contributed by atoms with Crippen LogP contribution < -0.4 is 14.4 Å². The number of methoxy groups -OCH3 is 1. The first-order valence-electron chi connectivity index (χ1n) is 6.92. The Balaban J connectivity index is 2.25. The van der Waals surface area contributed by atoms with Crippen molar-refractivity contribution in [2.75, 3.05) is 40.0 Å². The number of ether oxygens (including phenoxy) is 3. The lowest BCUT2D eigenvalue weighted by atomic mass is 10.1. The summed E-state index contributed by atoms with van der Waals surface area (Å²) in [5.41, 5.74) is 0.966. The second-order valence-electron chi connectivity index (χ2n) is 4.68. The molecular weight excluding hydrogens is 256 g/mol.